The van der Waals surface area contributed by atoms with E-state index < -0.39 is 0 Å². The van der Waals surface area contributed by atoms with E-state index in [1.807, 2.05) is 0 Å². The molecule has 0 bridgehead atoms. The molecule has 19 heavy (non-hydrogen) atoms. The van der Waals surface area contributed by atoms with E-state index in [0.29, 0.717) is 23.9 Å². The molecule has 0 amide bonds. The second kappa shape index (κ2) is 7.40. The number of aliphatic hydroxyl groups excluding tert-OH is 1. The van der Waals surface area contributed by atoms with Gasteiger partial charge in [-0.3, -0.25) is 0 Å². The Morgan fingerprint density at radius 2 is 2.21 bits per heavy atom. The van der Waals surface area contributed by atoms with Crippen LogP contribution in [0.5, 0.6) is 5.75 Å². The van der Waals surface area contributed by atoms with Gasteiger partial charge in [0.25, 0.3) is 0 Å². The number of nitrogen functional groups attached to an aromatic ring is 1. The fourth-order valence-corrected chi connectivity index (χ4v) is 1.97. The molecule has 0 aliphatic carbocycles. The van der Waals surface area contributed by atoms with Crippen molar-refractivity contribution in [2.75, 3.05) is 24.8 Å². The third kappa shape index (κ3) is 4.43. The molecule has 0 radical (unpaired) electrons. The van der Waals surface area contributed by atoms with E-state index in [-0.39, 0.29) is 23.8 Å². The van der Waals surface area contributed by atoms with Gasteiger partial charge in [-0.25, -0.2) is 4.98 Å². The van der Waals surface area contributed by atoms with Crippen molar-refractivity contribution in [3.8, 4) is 5.75 Å². The normalized spacial score (nSPS) is 14.2. The minimum Gasteiger partial charge on any atom is -0.491 e. The predicted molar refractivity (Wildman–Crippen MR) is 79.7 cm³/mol. The smallest absolute Gasteiger partial charge is 0.222 e. The number of aromatic nitrogens is 2. The SMILES string of the molecule is COc1cnc(N)nc1NC(CCO)[C@@H](S)C(C)C. The Bertz CT molecular complexity index is 403. The fraction of sp³-hybridized carbons (Fsp3) is 0.667. The van der Waals surface area contributed by atoms with Crippen molar-refractivity contribution < 1.29 is 9.84 Å². The highest BCUT2D eigenvalue weighted by molar-refractivity contribution is 7.81. The molecule has 1 unspecified atom stereocenters. The topological polar surface area (TPSA) is 93.3 Å². The number of methoxy groups -OCH3 is 1. The minimum absolute atomic E-state index is 0.0310. The number of nitrogens with one attached hydrogen (secondary N) is 1. The fourth-order valence-electron chi connectivity index (χ4n) is 1.74. The summed E-state index contributed by atoms with van der Waals surface area (Å²) < 4.78 is 5.19. The van der Waals surface area contributed by atoms with Gasteiger partial charge in [-0.05, 0) is 12.3 Å². The van der Waals surface area contributed by atoms with Crippen molar-refractivity contribution in [2.24, 2.45) is 5.92 Å². The molecule has 1 aromatic rings. The molecule has 0 saturated heterocycles. The van der Waals surface area contributed by atoms with Crippen LogP contribution < -0.4 is 15.8 Å². The molecule has 0 saturated carbocycles. The molecule has 0 aliphatic rings. The Kier molecular flexibility index (Phi) is 6.17. The van der Waals surface area contributed by atoms with Crippen LogP contribution in [0.25, 0.3) is 0 Å². The summed E-state index contributed by atoms with van der Waals surface area (Å²) >= 11 is 4.58. The van der Waals surface area contributed by atoms with E-state index in [4.69, 9.17) is 15.6 Å². The van der Waals surface area contributed by atoms with Crippen LogP contribution in [0.4, 0.5) is 11.8 Å². The summed E-state index contributed by atoms with van der Waals surface area (Å²) in [6.07, 6.45) is 2.09. The zero-order chi connectivity index (χ0) is 14.4. The molecule has 0 aromatic carbocycles. The van der Waals surface area contributed by atoms with Gasteiger partial charge in [0.05, 0.1) is 13.3 Å². The van der Waals surface area contributed by atoms with Gasteiger partial charge in [0.1, 0.15) is 0 Å². The molecular formula is C12H22N4O2S. The first-order chi connectivity index (χ1) is 8.99. The molecular weight excluding hydrogens is 264 g/mol. The van der Waals surface area contributed by atoms with Gasteiger partial charge in [0.2, 0.25) is 5.95 Å². The lowest BCUT2D eigenvalue weighted by molar-refractivity contribution is 0.274. The summed E-state index contributed by atoms with van der Waals surface area (Å²) in [7, 11) is 1.54. The molecule has 6 nitrogen and oxygen atoms in total. The number of ether oxygens (including phenoxy) is 1. The molecule has 1 aromatic heterocycles. The van der Waals surface area contributed by atoms with Gasteiger partial charge in [0, 0.05) is 17.9 Å². The van der Waals surface area contributed by atoms with E-state index in [0.717, 1.165) is 0 Å². The maximum absolute atomic E-state index is 9.16. The first-order valence-corrected chi connectivity index (χ1v) is 6.73. The molecule has 0 spiro atoms. The summed E-state index contributed by atoms with van der Waals surface area (Å²) in [5, 5.41) is 12.5. The number of hydrogen-bond acceptors (Lipinski definition) is 7. The van der Waals surface area contributed by atoms with Crippen molar-refractivity contribution in [3.63, 3.8) is 0 Å². The summed E-state index contributed by atoms with van der Waals surface area (Å²) in [6.45, 7) is 4.23. The Hall–Kier alpha value is -1.21. The number of nitrogens with two attached hydrogens (primary N) is 1. The molecule has 0 fully saturated rings. The number of hydrogen-bond donors (Lipinski definition) is 4. The maximum Gasteiger partial charge on any atom is 0.222 e. The molecule has 1 rings (SSSR count). The first-order valence-electron chi connectivity index (χ1n) is 6.21. The minimum atomic E-state index is -0.0310. The zero-order valence-corrected chi connectivity index (χ0v) is 12.4. The van der Waals surface area contributed by atoms with Crippen molar-refractivity contribution >= 4 is 24.4 Å². The molecule has 4 N–H and O–H groups in total. The van der Waals surface area contributed by atoms with Crippen molar-refractivity contribution in [2.45, 2.75) is 31.6 Å². The van der Waals surface area contributed by atoms with Crippen LogP contribution in [-0.4, -0.2) is 40.1 Å². The van der Waals surface area contributed by atoms with E-state index in [1.165, 1.54) is 6.20 Å². The molecule has 7 heteroatoms. The molecule has 0 aliphatic heterocycles. The van der Waals surface area contributed by atoms with Crippen LogP contribution in [0.1, 0.15) is 20.3 Å². The average Bonchev–Trinajstić information content (AvgIpc) is 2.37. The number of anilines is 2. The predicted octanol–water partition coefficient (Wildman–Crippen LogP) is 1.18. The van der Waals surface area contributed by atoms with E-state index >= 15 is 0 Å². The molecule has 1 heterocycles. The Morgan fingerprint density at radius 1 is 1.53 bits per heavy atom. The third-order valence-electron chi connectivity index (χ3n) is 2.85. The average molecular weight is 286 g/mol. The van der Waals surface area contributed by atoms with Crippen molar-refractivity contribution in [3.05, 3.63) is 6.20 Å². The number of rotatable bonds is 7. The maximum atomic E-state index is 9.16. The number of nitrogens with zero attached hydrogens (tertiary/aromatic N) is 2. The van der Waals surface area contributed by atoms with Crippen LogP contribution >= 0.6 is 12.6 Å². The number of thiol groups is 1. The Morgan fingerprint density at radius 3 is 2.74 bits per heavy atom. The molecule has 108 valence electrons. The highest BCUT2D eigenvalue weighted by atomic mass is 32.1. The summed E-state index contributed by atoms with van der Waals surface area (Å²) in [4.78, 5) is 8.00. The van der Waals surface area contributed by atoms with Gasteiger partial charge in [-0.2, -0.15) is 17.6 Å². The largest absolute Gasteiger partial charge is 0.491 e. The van der Waals surface area contributed by atoms with Crippen LogP contribution in [-0.2, 0) is 0 Å². The monoisotopic (exact) mass is 286 g/mol. The van der Waals surface area contributed by atoms with Crippen LogP contribution in [0.2, 0.25) is 0 Å². The lowest BCUT2D eigenvalue weighted by Crippen LogP contribution is -2.35. The van der Waals surface area contributed by atoms with Gasteiger partial charge in [-0.1, -0.05) is 13.8 Å². The number of aliphatic hydroxyl groups is 1. The second-order valence-electron chi connectivity index (χ2n) is 4.64. The lowest BCUT2D eigenvalue weighted by Gasteiger charge is -2.27. The summed E-state index contributed by atoms with van der Waals surface area (Å²) in [5.41, 5.74) is 5.58. The van der Waals surface area contributed by atoms with Gasteiger partial charge in [-0.15, -0.1) is 0 Å². The van der Waals surface area contributed by atoms with E-state index in [9.17, 15) is 0 Å². The standard InChI is InChI=1S/C12H22N4O2S/c1-7(2)10(19)8(4-5-17)15-11-9(18-3)6-14-12(13)16-11/h6-8,10,17,19H,4-5H2,1-3H3,(H3,13,14,15,16)/t8?,10-/m0/s1. The molecule has 2 atom stereocenters. The third-order valence-corrected chi connectivity index (χ3v) is 3.81. The first kappa shape index (κ1) is 15.8. The van der Waals surface area contributed by atoms with Gasteiger partial charge in [0.15, 0.2) is 11.6 Å². The van der Waals surface area contributed by atoms with Crippen LogP contribution in [0, 0.1) is 5.92 Å². The van der Waals surface area contributed by atoms with E-state index in [1.54, 1.807) is 7.11 Å². The second-order valence-corrected chi connectivity index (χ2v) is 5.24. The van der Waals surface area contributed by atoms with Gasteiger partial charge >= 0.3 is 0 Å². The Labute approximate surface area is 119 Å². The summed E-state index contributed by atoms with van der Waals surface area (Å²) in [6, 6.07) is -0.0310. The highest BCUT2D eigenvalue weighted by Crippen LogP contribution is 2.25. The summed E-state index contributed by atoms with van der Waals surface area (Å²) in [5.74, 6) is 1.57. The quantitative estimate of drug-likeness (QED) is 0.563. The lowest BCUT2D eigenvalue weighted by atomic mass is 10.0. The highest BCUT2D eigenvalue weighted by Gasteiger charge is 2.22. The van der Waals surface area contributed by atoms with Crippen molar-refractivity contribution in [1.29, 1.82) is 0 Å². The van der Waals surface area contributed by atoms with Crippen LogP contribution in [0.3, 0.4) is 0 Å². The van der Waals surface area contributed by atoms with Crippen molar-refractivity contribution in [1.82, 2.24) is 9.97 Å². The van der Waals surface area contributed by atoms with E-state index in [2.05, 4.69) is 41.8 Å². The van der Waals surface area contributed by atoms with Gasteiger partial charge < -0.3 is 20.9 Å². The van der Waals surface area contributed by atoms with Crippen LogP contribution in [0.15, 0.2) is 6.20 Å². The Balaban J connectivity index is 2.92. The zero-order valence-electron chi connectivity index (χ0n) is 11.5.